The Morgan fingerprint density at radius 3 is 2.57 bits per heavy atom. The van der Waals surface area contributed by atoms with Crippen molar-refractivity contribution in [2.75, 3.05) is 13.1 Å². The van der Waals surface area contributed by atoms with Crippen LogP contribution in [0.15, 0.2) is 48.8 Å². The van der Waals surface area contributed by atoms with Gasteiger partial charge in [-0.3, -0.25) is 14.7 Å². The van der Waals surface area contributed by atoms with E-state index in [0.29, 0.717) is 13.0 Å². The van der Waals surface area contributed by atoms with Crippen LogP contribution in [0.4, 0.5) is 0 Å². The predicted molar refractivity (Wildman–Crippen MR) is 90.7 cm³/mol. The highest BCUT2D eigenvalue weighted by atomic mass is 16.1. The molecule has 1 N–H and O–H groups in total. The summed E-state index contributed by atoms with van der Waals surface area (Å²) < 4.78 is 0. The summed E-state index contributed by atoms with van der Waals surface area (Å²) in [4.78, 5) is 18.5. The summed E-state index contributed by atoms with van der Waals surface area (Å²) in [5.74, 6) is 0.0427. The minimum atomic E-state index is 0.0427. The molecular weight excluding hydrogens is 286 g/mol. The van der Waals surface area contributed by atoms with E-state index in [-0.39, 0.29) is 5.91 Å². The average Bonchev–Trinajstić information content (AvgIpc) is 3.07. The molecule has 1 aromatic carbocycles. The number of nitrogens with zero attached hydrogens (tertiary/aromatic N) is 2. The van der Waals surface area contributed by atoms with Gasteiger partial charge in [0.15, 0.2) is 0 Å². The van der Waals surface area contributed by atoms with Crippen molar-refractivity contribution in [3.8, 4) is 0 Å². The fraction of sp³-hybridized carbons (Fsp3) is 0.368. The monoisotopic (exact) mass is 309 g/mol. The van der Waals surface area contributed by atoms with Crippen molar-refractivity contribution in [3.05, 3.63) is 65.5 Å². The zero-order valence-corrected chi connectivity index (χ0v) is 13.4. The molecule has 0 saturated carbocycles. The van der Waals surface area contributed by atoms with Gasteiger partial charge < -0.3 is 5.32 Å². The lowest BCUT2D eigenvalue weighted by molar-refractivity contribution is -0.120. The number of benzene rings is 1. The third-order valence-corrected chi connectivity index (χ3v) is 4.20. The number of hydrogen-bond donors (Lipinski definition) is 1. The molecule has 0 aliphatic carbocycles. The van der Waals surface area contributed by atoms with Gasteiger partial charge in [-0.25, -0.2) is 0 Å². The molecule has 0 atom stereocenters. The van der Waals surface area contributed by atoms with Gasteiger partial charge >= 0.3 is 0 Å². The maximum absolute atomic E-state index is 12.0. The molecule has 4 heteroatoms. The van der Waals surface area contributed by atoms with Crippen LogP contribution < -0.4 is 5.32 Å². The van der Waals surface area contributed by atoms with Crippen molar-refractivity contribution in [3.63, 3.8) is 0 Å². The molecule has 1 fully saturated rings. The summed E-state index contributed by atoms with van der Waals surface area (Å²) in [7, 11) is 0. The maximum atomic E-state index is 12.0. The van der Waals surface area contributed by atoms with Crippen LogP contribution in [0.2, 0.25) is 0 Å². The Morgan fingerprint density at radius 2 is 1.78 bits per heavy atom. The molecule has 23 heavy (non-hydrogen) atoms. The maximum Gasteiger partial charge on any atom is 0.224 e. The molecular formula is C19H23N3O. The second kappa shape index (κ2) is 7.88. The Kier molecular flexibility index (Phi) is 5.37. The van der Waals surface area contributed by atoms with Gasteiger partial charge in [0.2, 0.25) is 5.91 Å². The second-order valence-corrected chi connectivity index (χ2v) is 6.11. The van der Waals surface area contributed by atoms with Gasteiger partial charge in [-0.15, -0.1) is 0 Å². The normalized spacial score (nSPS) is 14.8. The SMILES string of the molecule is O=C(Cc1ccncc1)NCc1cccc(CN2CCCC2)c1. The van der Waals surface area contributed by atoms with Crippen molar-refractivity contribution in [1.29, 1.82) is 0 Å². The number of hydrogen-bond acceptors (Lipinski definition) is 3. The lowest BCUT2D eigenvalue weighted by Crippen LogP contribution is -2.24. The van der Waals surface area contributed by atoms with E-state index in [1.165, 1.54) is 31.5 Å². The second-order valence-electron chi connectivity index (χ2n) is 6.11. The van der Waals surface area contributed by atoms with Gasteiger partial charge in [-0.2, -0.15) is 0 Å². The molecule has 1 aliphatic heterocycles. The lowest BCUT2D eigenvalue weighted by Gasteiger charge is -2.15. The van der Waals surface area contributed by atoms with E-state index in [9.17, 15) is 4.79 Å². The summed E-state index contributed by atoms with van der Waals surface area (Å²) in [5.41, 5.74) is 3.47. The molecule has 1 aromatic heterocycles. The quantitative estimate of drug-likeness (QED) is 0.892. The standard InChI is InChI=1S/C19H23N3O/c23-19(13-16-6-8-20-9-7-16)21-14-17-4-3-5-18(12-17)15-22-10-1-2-11-22/h3-9,12H,1-2,10-11,13-15H2,(H,21,23). The molecule has 0 bridgehead atoms. The third-order valence-electron chi connectivity index (χ3n) is 4.20. The largest absolute Gasteiger partial charge is 0.352 e. The Morgan fingerprint density at radius 1 is 1.04 bits per heavy atom. The van der Waals surface area contributed by atoms with Gasteiger partial charge in [0.05, 0.1) is 6.42 Å². The number of likely N-dealkylation sites (tertiary alicyclic amines) is 1. The first kappa shape index (κ1) is 15.7. The molecule has 4 nitrogen and oxygen atoms in total. The number of carbonyl (C=O) groups excluding carboxylic acids is 1. The molecule has 1 amide bonds. The number of aromatic nitrogens is 1. The van der Waals surface area contributed by atoms with E-state index in [1.807, 2.05) is 12.1 Å². The van der Waals surface area contributed by atoms with E-state index < -0.39 is 0 Å². The number of rotatable bonds is 6. The minimum Gasteiger partial charge on any atom is -0.352 e. The summed E-state index contributed by atoms with van der Waals surface area (Å²) >= 11 is 0. The smallest absolute Gasteiger partial charge is 0.224 e. The Bertz CT molecular complexity index is 636. The summed E-state index contributed by atoms with van der Waals surface area (Å²) in [6, 6.07) is 12.3. The highest BCUT2D eigenvalue weighted by Crippen LogP contribution is 2.13. The number of pyridine rings is 1. The first-order valence-corrected chi connectivity index (χ1v) is 8.25. The summed E-state index contributed by atoms with van der Waals surface area (Å²) in [6.45, 7) is 4.00. The summed E-state index contributed by atoms with van der Waals surface area (Å²) in [6.07, 6.45) is 6.44. The van der Waals surface area contributed by atoms with Crippen LogP contribution in [0.5, 0.6) is 0 Å². The zero-order valence-electron chi connectivity index (χ0n) is 13.4. The fourth-order valence-electron chi connectivity index (χ4n) is 2.99. The van der Waals surface area contributed by atoms with Crippen LogP contribution in [-0.2, 0) is 24.3 Å². The van der Waals surface area contributed by atoms with Gasteiger partial charge in [0, 0.05) is 25.5 Å². The molecule has 1 saturated heterocycles. The lowest BCUT2D eigenvalue weighted by atomic mass is 10.1. The van der Waals surface area contributed by atoms with E-state index in [4.69, 9.17) is 0 Å². The molecule has 0 spiro atoms. The van der Waals surface area contributed by atoms with Gasteiger partial charge in [0.1, 0.15) is 0 Å². The Balaban J connectivity index is 1.50. The van der Waals surface area contributed by atoms with Crippen molar-refractivity contribution in [2.24, 2.45) is 0 Å². The number of amides is 1. The third kappa shape index (κ3) is 4.89. The van der Waals surface area contributed by atoms with Crippen LogP contribution in [0, 0.1) is 0 Å². The van der Waals surface area contributed by atoms with Crippen LogP contribution in [0.3, 0.4) is 0 Å². The fourth-order valence-corrected chi connectivity index (χ4v) is 2.99. The first-order chi connectivity index (χ1) is 11.3. The topological polar surface area (TPSA) is 45.2 Å². The van der Waals surface area contributed by atoms with Gasteiger partial charge in [-0.05, 0) is 54.8 Å². The zero-order chi connectivity index (χ0) is 15.9. The van der Waals surface area contributed by atoms with Crippen molar-refractivity contribution < 1.29 is 4.79 Å². The molecule has 0 radical (unpaired) electrons. The molecule has 3 rings (SSSR count). The highest BCUT2D eigenvalue weighted by Gasteiger charge is 2.11. The van der Waals surface area contributed by atoms with E-state index in [1.54, 1.807) is 12.4 Å². The van der Waals surface area contributed by atoms with Crippen LogP contribution in [-0.4, -0.2) is 28.9 Å². The molecule has 1 aliphatic rings. The minimum absolute atomic E-state index is 0.0427. The molecule has 2 heterocycles. The van der Waals surface area contributed by atoms with Crippen molar-refractivity contribution in [2.45, 2.75) is 32.4 Å². The van der Waals surface area contributed by atoms with Gasteiger partial charge in [-0.1, -0.05) is 24.3 Å². The van der Waals surface area contributed by atoms with Crippen LogP contribution in [0.25, 0.3) is 0 Å². The molecule has 0 unspecified atom stereocenters. The van der Waals surface area contributed by atoms with Crippen molar-refractivity contribution >= 4 is 5.91 Å². The van der Waals surface area contributed by atoms with E-state index >= 15 is 0 Å². The van der Waals surface area contributed by atoms with Crippen molar-refractivity contribution in [1.82, 2.24) is 15.2 Å². The average molecular weight is 309 g/mol. The van der Waals surface area contributed by atoms with Crippen LogP contribution in [0.1, 0.15) is 29.5 Å². The summed E-state index contributed by atoms with van der Waals surface area (Å²) in [5, 5.41) is 3.00. The Hall–Kier alpha value is -2.20. The number of nitrogens with one attached hydrogen (secondary N) is 1. The van der Waals surface area contributed by atoms with Crippen LogP contribution >= 0.6 is 0 Å². The molecule has 2 aromatic rings. The van der Waals surface area contributed by atoms with Gasteiger partial charge in [0.25, 0.3) is 0 Å². The van der Waals surface area contributed by atoms with E-state index in [2.05, 4.69) is 39.5 Å². The highest BCUT2D eigenvalue weighted by molar-refractivity contribution is 5.78. The first-order valence-electron chi connectivity index (χ1n) is 8.25. The predicted octanol–water partition coefficient (Wildman–Crippen LogP) is 2.54. The van der Waals surface area contributed by atoms with E-state index in [0.717, 1.165) is 17.7 Å². The molecule has 120 valence electrons. The number of carbonyl (C=O) groups is 1. The Labute approximate surface area is 137 Å².